The molecule has 0 fully saturated rings. The van der Waals surface area contributed by atoms with Crippen molar-refractivity contribution in [3.05, 3.63) is 70.0 Å². The lowest BCUT2D eigenvalue weighted by Crippen LogP contribution is -2.32. The number of carbonyl (C=O) groups is 1. The minimum Gasteiger partial charge on any atom is -0.274 e. The van der Waals surface area contributed by atoms with Crippen LogP contribution < -0.4 is 4.72 Å². The van der Waals surface area contributed by atoms with Gasteiger partial charge in [0.1, 0.15) is 5.01 Å². The molecule has 3 rings (SSSR count). The van der Waals surface area contributed by atoms with Crippen LogP contribution >= 0.6 is 27.3 Å². The molecule has 0 unspecified atom stereocenters. The van der Waals surface area contributed by atoms with Gasteiger partial charge in [-0.1, -0.05) is 58.4 Å². The van der Waals surface area contributed by atoms with Crippen LogP contribution in [0, 0.1) is 0 Å². The molecule has 0 aliphatic rings. The van der Waals surface area contributed by atoms with Crippen LogP contribution in [0.25, 0.3) is 10.6 Å². The molecule has 1 aromatic heterocycles. The summed E-state index contributed by atoms with van der Waals surface area (Å²) in [7, 11) is -3.98. The van der Waals surface area contributed by atoms with E-state index in [9.17, 15) is 13.2 Å². The second-order valence-corrected chi connectivity index (χ2v) is 8.59. The second-order valence-electron chi connectivity index (χ2n) is 5.19. The van der Waals surface area contributed by atoms with Crippen LogP contribution in [0.3, 0.4) is 0 Å². The molecule has 0 radical (unpaired) electrons. The lowest BCUT2D eigenvalue weighted by molar-refractivity contribution is -0.118. The molecule has 5 nitrogen and oxygen atoms in total. The number of nitrogens with zero attached hydrogens (tertiary/aromatic N) is 1. The van der Waals surface area contributed by atoms with E-state index in [1.807, 2.05) is 30.3 Å². The van der Waals surface area contributed by atoms with Gasteiger partial charge in [0.2, 0.25) is 5.91 Å². The number of hydrogen-bond donors (Lipinski definition) is 1. The highest BCUT2D eigenvalue weighted by molar-refractivity contribution is 9.10. The van der Waals surface area contributed by atoms with E-state index in [0.717, 1.165) is 15.6 Å². The quantitative estimate of drug-likeness (QED) is 0.662. The molecule has 0 aliphatic carbocycles. The monoisotopic (exact) mass is 436 g/mol. The summed E-state index contributed by atoms with van der Waals surface area (Å²) in [5, 5.41) is 1.86. The summed E-state index contributed by atoms with van der Waals surface area (Å²) in [4.78, 5) is 16.2. The zero-order valence-corrected chi connectivity index (χ0v) is 16.1. The van der Waals surface area contributed by atoms with Crippen molar-refractivity contribution in [2.24, 2.45) is 0 Å². The maximum absolute atomic E-state index is 12.3. The standard InChI is InChI=1S/C17H13BrN2O3S2/c18-14-8-6-12(7-9-14)10-15(21)20-25(22,23)16-11-24-17(19-16)13-4-2-1-3-5-13/h1-9,11H,10H2,(H,20,21). The molecule has 2 aromatic carbocycles. The molecule has 0 saturated carbocycles. The Kier molecular flexibility index (Phi) is 5.31. The molecule has 0 saturated heterocycles. The first-order valence-corrected chi connectivity index (χ1v) is 10.4. The molecule has 0 bridgehead atoms. The molecule has 25 heavy (non-hydrogen) atoms. The van der Waals surface area contributed by atoms with Crippen molar-refractivity contribution in [2.45, 2.75) is 11.4 Å². The summed E-state index contributed by atoms with van der Waals surface area (Å²) in [6.07, 6.45) is -0.0256. The first kappa shape index (κ1) is 17.8. The van der Waals surface area contributed by atoms with E-state index in [4.69, 9.17) is 0 Å². The van der Waals surface area contributed by atoms with E-state index in [2.05, 4.69) is 25.6 Å². The summed E-state index contributed by atoms with van der Waals surface area (Å²) in [6.45, 7) is 0. The molecule has 0 atom stereocenters. The van der Waals surface area contributed by atoms with Gasteiger partial charge in [0.25, 0.3) is 10.0 Å². The molecule has 0 aliphatic heterocycles. The van der Waals surface area contributed by atoms with Crippen LogP contribution in [0.4, 0.5) is 0 Å². The fourth-order valence-electron chi connectivity index (χ4n) is 2.12. The van der Waals surface area contributed by atoms with Crippen LogP contribution in [-0.2, 0) is 21.2 Å². The van der Waals surface area contributed by atoms with Crippen molar-refractivity contribution in [3.63, 3.8) is 0 Å². The zero-order chi connectivity index (χ0) is 17.9. The Morgan fingerprint density at radius 3 is 2.44 bits per heavy atom. The molecular weight excluding hydrogens is 424 g/mol. The van der Waals surface area contributed by atoms with Gasteiger partial charge in [-0.25, -0.2) is 9.71 Å². The second kappa shape index (κ2) is 7.47. The number of thiazole rings is 1. The third-order valence-electron chi connectivity index (χ3n) is 3.31. The van der Waals surface area contributed by atoms with Gasteiger partial charge in [0, 0.05) is 15.4 Å². The van der Waals surface area contributed by atoms with Crippen molar-refractivity contribution < 1.29 is 13.2 Å². The number of sulfonamides is 1. The van der Waals surface area contributed by atoms with Gasteiger partial charge in [0.15, 0.2) is 5.03 Å². The Balaban J connectivity index is 1.72. The average molecular weight is 437 g/mol. The maximum Gasteiger partial charge on any atom is 0.282 e. The SMILES string of the molecule is O=C(Cc1ccc(Br)cc1)NS(=O)(=O)c1csc(-c2ccccc2)n1. The largest absolute Gasteiger partial charge is 0.282 e. The average Bonchev–Trinajstić information content (AvgIpc) is 3.08. The summed E-state index contributed by atoms with van der Waals surface area (Å²) in [5.74, 6) is -0.600. The van der Waals surface area contributed by atoms with Gasteiger partial charge in [-0.2, -0.15) is 8.42 Å². The molecule has 8 heteroatoms. The van der Waals surface area contributed by atoms with E-state index < -0.39 is 15.9 Å². The molecule has 1 amide bonds. The van der Waals surface area contributed by atoms with Gasteiger partial charge in [-0.05, 0) is 17.7 Å². The molecular formula is C17H13BrN2O3S2. The van der Waals surface area contributed by atoms with Crippen LogP contribution in [0.5, 0.6) is 0 Å². The first-order valence-electron chi connectivity index (χ1n) is 7.25. The normalized spacial score (nSPS) is 11.2. The number of amides is 1. The van der Waals surface area contributed by atoms with E-state index in [0.29, 0.717) is 5.01 Å². The van der Waals surface area contributed by atoms with Crippen LogP contribution in [0.1, 0.15) is 5.56 Å². The van der Waals surface area contributed by atoms with Crippen molar-refractivity contribution >= 4 is 43.2 Å². The molecule has 3 aromatic rings. The lowest BCUT2D eigenvalue weighted by atomic mass is 10.1. The van der Waals surface area contributed by atoms with Gasteiger partial charge in [-0.15, -0.1) is 11.3 Å². The van der Waals surface area contributed by atoms with Crippen molar-refractivity contribution in [2.75, 3.05) is 0 Å². The summed E-state index contributed by atoms with van der Waals surface area (Å²) in [6, 6.07) is 16.4. The Morgan fingerprint density at radius 2 is 1.76 bits per heavy atom. The number of benzene rings is 2. The predicted molar refractivity (Wildman–Crippen MR) is 101 cm³/mol. The summed E-state index contributed by atoms with van der Waals surface area (Å²) in [5.41, 5.74) is 1.55. The highest BCUT2D eigenvalue weighted by Crippen LogP contribution is 2.25. The smallest absolute Gasteiger partial charge is 0.274 e. The molecule has 1 N–H and O–H groups in total. The Bertz CT molecular complexity index is 984. The van der Waals surface area contributed by atoms with Crippen LogP contribution in [0.2, 0.25) is 0 Å². The van der Waals surface area contributed by atoms with Crippen LogP contribution in [-0.4, -0.2) is 19.3 Å². The van der Waals surface area contributed by atoms with Gasteiger partial charge in [-0.3, -0.25) is 4.79 Å². The topological polar surface area (TPSA) is 76.1 Å². The third-order valence-corrected chi connectivity index (χ3v) is 6.13. The van der Waals surface area contributed by atoms with E-state index in [1.165, 1.54) is 16.7 Å². The Hall–Kier alpha value is -2.03. The molecule has 1 heterocycles. The minimum atomic E-state index is -3.98. The van der Waals surface area contributed by atoms with Crippen molar-refractivity contribution in [1.29, 1.82) is 0 Å². The first-order chi connectivity index (χ1) is 11.9. The lowest BCUT2D eigenvalue weighted by Gasteiger charge is -2.05. The molecule has 0 spiro atoms. The summed E-state index contributed by atoms with van der Waals surface area (Å²) >= 11 is 4.52. The highest BCUT2D eigenvalue weighted by Gasteiger charge is 2.21. The fourth-order valence-corrected chi connectivity index (χ4v) is 4.47. The van der Waals surface area contributed by atoms with Crippen molar-refractivity contribution in [1.82, 2.24) is 9.71 Å². The fraction of sp³-hybridized carbons (Fsp3) is 0.0588. The summed E-state index contributed by atoms with van der Waals surface area (Å²) < 4.78 is 27.6. The number of rotatable bonds is 5. The number of halogens is 1. The highest BCUT2D eigenvalue weighted by atomic mass is 79.9. The Morgan fingerprint density at radius 1 is 1.08 bits per heavy atom. The van der Waals surface area contributed by atoms with Crippen LogP contribution in [0.15, 0.2) is 69.5 Å². The number of aromatic nitrogens is 1. The van der Waals surface area contributed by atoms with Gasteiger partial charge < -0.3 is 0 Å². The zero-order valence-electron chi connectivity index (χ0n) is 12.8. The molecule has 128 valence electrons. The van der Waals surface area contributed by atoms with E-state index in [1.54, 1.807) is 24.3 Å². The third kappa shape index (κ3) is 4.53. The predicted octanol–water partition coefficient (Wildman–Crippen LogP) is 3.62. The van der Waals surface area contributed by atoms with Crippen molar-refractivity contribution in [3.8, 4) is 10.6 Å². The number of nitrogens with one attached hydrogen (secondary N) is 1. The Labute approximate surface area is 157 Å². The van der Waals surface area contributed by atoms with E-state index in [-0.39, 0.29) is 11.4 Å². The maximum atomic E-state index is 12.3. The number of carbonyl (C=O) groups excluding carboxylic acids is 1. The van der Waals surface area contributed by atoms with E-state index >= 15 is 0 Å². The minimum absolute atomic E-state index is 0.0256. The van der Waals surface area contributed by atoms with Gasteiger partial charge >= 0.3 is 0 Å². The van der Waals surface area contributed by atoms with Gasteiger partial charge in [0.05, 0.1) is 6.42 Å². The number of hydrogen-bond acceptors (Lipinski definition) is 5.